The molecule has 1 aliphatic rings. The van der Waals surface area contributed by atoms with E-state index in [-0.39, 0.29) is 0 Å². The van der Waals surface area contributed by atoms with Crippen LogP contribution in [0.2, 0.25) is 0 Å². The van der Waals surface area contributed by atoms with Crippen LogP contribution in [-0.4, -0.2) is 18.0 Å². The molecule has 4 N–H and O–H groups in total. The molecule has 0 spiro atoms. The molecule has 4 nitrogen and oxygen atoms in total. The second kappa shape index (κ2) is 9.06. The molecule has 4 heteroatoms. The molecule has 1 saturated heterocycles. The lowest BCUT2D eigenvalue weighted by Crippen LogP contribution is -2.61. The highest BCUT2D eigenvalue weighted by Gasteiger charge is 2.59. The molecule has 0 amide bonds. The summed E-state index contributed by atoms with van der Waals surface area (Å²) in [7, 11) is 0. The molecule has 1 heterocycles. The van der Waals surface area contributed by atoms with Gasteiger partial charge in [0.2, 0.25) is 0 Å². The molecule has 4 aromatic rings. The summed E-state index contributed by atoms with van der Waals surface area (Å²) in [6, 6.07) is 40.3. The lowest BCUT2D eigenvalue weighted by molar-refractivity contribution is -0.154. The van der Waals surface area contributed by atoms with Crippen LogP contribution in [-0.2, 0) is 20.6 Å². The van der Waals surface area contributed by atoms with Crippen molar-refractivity contribution in [2.75, 3.05) is 0 Å². The maximum absolute atomic E-state index is 7.45. The van der Waals surface area contributed by atoms with E-state index in [0.29, 0.717) is 0 Å². The van der Waals surface area contributed by atoms with Gasteiger partial charge in [-0.1, -0.05) is 121 Å². The average molecular weight is 465 g/mol. The third-order valence-corrected chi connectivity index (χ3v) is 7.00. The highest BCUT2D eigenvalue weighted by atomic mass is 16.8. The number of hydrogen-bond acceptors (Lipinski definition) is 4. The number of benzene rings is 4. The molecule has 0 aromatic heterocycles. The lowest BCUT2D eigenvalue weighted by atomic mass is 9.69. The first-order valence-electron chi connectivity index (χ1n) is 12.0. The minimum atomic E-state index is -1.02. The molecule has 2 atom stereocenters. The Kier molecular flexibility index (Phi) is 6.07. The van der Waals surface area contributed by atoms with Gasteiger partial charge in [0.15, 0.2) is 5.79 Å². The zero-order valence-electron chi connectivity index (χ0n) is 20.2. The van der Waals surface area contributed by atoms with Gasteiger partial charge in [-0.3, -0.25) is 0 Å². The molecule has 178 valence electrons. The van der Waals surface area contributed by atoms with Crippen molar-refractivity contribution < 1.29 is 9.47 Å². The summed E-state index contributed by atoms with van der Waals surface area (Å²) in [6.45, 7) is 3.85. The van der Waals surface area contributed by atoms with Crippen LogP contribution in [0.1, 0.15) is 36.1 Å². The summed E-state index contributed by atoms with van der Waals surface area (Å²) in [5.41, 5.74) is 16.6. The Balaban J connectivity index is 1.76. The van der Waals surface area contributed by atoms with E-state index in [1.807, 2.05) is 135 Å². The summed E-state index contributed by atoms with van der Waals surface area (Å²) >= 11 is 0. The number of ether oxygens (including phenoxy) is 2. The van der Waals surface area contributed by atoms with Gasteiger partial charge in [0.05, 0.1) is 11.1 Å². The summed E-state index contributed by atoms with van der Waals surface area (Å²) in [6.07, 6.45) is -1.18. The van der Waals surface area contributed by atoms with E-state index in [0.717, 1.165) is 22.3 Å². The van der Waals surface area contributed by atoms with Crippen molar-refractivity contribution in [3.8, 4) is 0 Å². The first kappa shape index (κ1) is 23.5. The fourth-order valence-electron chi connectivity index (χ4n) is 5.27. The summed E-state index contributed by atoms with van der Waals surface area (Å²) < 4.78 is 13.4. The molecule has 5 rings (SSSR count). The molecule has 0 radical (unpaired) electrons. The molecule has 1 aliphatic heterocycles. The fourth-order valence-corrected chi connectivity index (χ4v) is 5.27. The van der Waals surface area contributed by atoms with E-state index < -0.39 is 29.1 Å². The van der Waals surface area contributed by atoms with Gasteiger partial charge in [-0.2, -0.15) is 0 Å². The van der Waals surface area contributed by atoms with E-state index in [1.54, 1.807) is 0 Å². The molecule has 35 heavy (non-hydrogen) atoms. The Morgan fingerprint density at radius 2 is 0.714 bits per heavy atom. The highest BCUT2D eigenvalue weighted by Crippen LogP contribution is 2.48. The fraction of sp³-hybridized carbons (Fsp3) is 0.226. The van der Waals surface area contributed by atoms with Gasteiger partial charge in [0.25, 0.3) is 0 Å². The minimum absolute atomic E-state index is 0.590. The second-order valence-electron chi connectivity index (χ2n) is 9.68. The second-order valence-corrected chi connectivity index (χ2v) is 9.68. The van der Waals surface area contributed by atoms with Gasteiger partial charge < -0.3 is 20.9 Å². The zero-order chi connectivity index (χ0) is 24.5. The Bertz CT molecular complexity index is 1070. The summed E-state index contributed by atoms with van der Waals surface area (Å²) in [5.74, 6) is -0.891. The Morgan fingerprint density at radius 1 is 0.486 bits per heavy atom. The summed E-state index contributed by atoms with van der Waals surface area (Å²) in [5, 5.41) is 0. The smallest absolute Gasteiger partial charge is 0.164 e. The van der Waals surface area contributed by atoms with Gasteiger partial charge in [-0.25, -0.2) is 0 Å². The van der Waals surface area contributed by atoms with Crippen molar-refractivity contribution in [3.05, 3.63) is 144 Å². The Labute approximate surface area is 207 Å². The zero-order valence-corrected chi connectivity index (χ0v) is 20.2. The topological polar surface area (TPSA) is 70.5 Å². The highest BCUT2D eigenvalue weighted by molar-refractivity contribution is 5.45. The monoisotopic (exact) mass is 464 g/mol. The normalized spacial score (nSPS) is 20.0. The van der Waals surface area contributed by atoms with Crippen molar-refractivity contribution in [3.63, 3.8) is 0 Å². The predicted molar refractivity (Wildman–Crippen MR) is 140 cm³/mol. The van der Waals surface area contributed by atoms with E-state index in [1.165, 1.54) is 0 Å². The van der Waals surface area contributed by atoms with Gasteiger partial charge in [-0.15, -0.1) is 0 Å². The van der Waals surface area contributed by atoms with Crippen LogP contribution in [0.3, 0.4) is 0 Å². The van der Waals surface area contributed by atoms with Crippen LogP contribution in [0.25, 0.3) is 0 Å². The van der Waals surface area contributed by atoms with Crippen molar-refractivity contribution in [2.24, 2.45) is 11.5 Å². The van der Waals surface area contributed by atoms with Crippen LogP contribution in [0.5, 0.6) is 0 Å². The molecule has 1 fully saturated rings. The maximum Gasteiger partial charge on any atom is 0.164 e. The van der Waals surface area contributed by atoms with Crippen LogP contribution in [0.15, 0.2) is 121 Å². The van der Waals surface area contributed by atoms with E-state index in [2.05, 4.69) is 0 Å². The van der Waals surface area contributed by atoms with Crippen LogP contribution in [0, 0.1) is 0 Å². The third kappa shape index (κ3) is 4.09. The van der Waals surface area contributed by atoms with Gasteiger partial charge in [0, 0.05) is 0 Å². The van der Waals surface area contributed by atoms with Gasteiger partial charge >= 0.3 is 0 Å². The molecular weight excluding hydrogens is 432 g/mol. The Morgan fingerprint density at radius 3 is 0.943 bits per heavy atom. The third-order valence-electron chi connectivity index (χ3n) is 7.00. The van der Waals surface area contributed by atoms with Crippen molar-refractivity contribution in [1.82, 2.24) is 0 Å². The number of nitrogens with two attached hydrogens (primary N) is 2. The molecule has 0 saturated carbocycles. The van der Waals surface area contributed by atoms with Crippen LogP contribution >= 0.6 is 0 Å². The molecule has 4 aromatic carbocycles. The molecule has 0 aliphatic carbocycles. The SMILES string of the molecule is CC1(C)O[C@@H](C(N)(c2ccccc2)c2ccccc2)[C@H](C(N)(c2ccccc2)c2ccccc2)O1. The predicted octanol–water partition coefficient (Wildman–Crippen LogP) is 5.31. The van der Waals surface area contributed by atoms with Crippen molar-refractivity contribution in [1.29, 1.82) is 0 Å². The lowest BCUT2D eigenvalue weighted by Gasteiger charge is -2.44. The van der Waals surface area contributed by atoms with Crippen molar-refractivity contribution in [2.45, 2.75) is 42.9 Å². The standard InChI is InChI=1S/C31H32N2O2/c1-29(2)34-27(30(32,23-15-7-3-8-16-23)24-17-9-4-10-18-24)28(35-29)31(33,25-19-11-5-12-20-25)26-21-13-6-14-22-26/h3-22,27-28H,32-33H2,1-2H3/t27-,28-/m1/s1. The largest absolute Gasteiger partial charge is 0.342 e. The number of rotatable bonds is 6. The maximum atomic E-state index is 7.45. The van der Waals surface area contributed by atoms with E-state index in [9.17, 15) is 0 Å². The quantitative estimate of drug-likeness (QED) is 0.406. The Hall–Kier alpha value is -3.28. The number of hydrogen-bond donors (Lipinski definition) is 2. The average Bonchev–Trinajstić information content (AvgIpc) is 3.26. The first-order chi connectivity index (χ1) is 16.9. The molecular formula is C31H32N2O2. The van der Waals surface area contributed by atoms with Gasteiger partial charge in [0.1, 0.15) is 12.2 Å². The first-order valence-corrected chi connectivity index (χ1v) is 12.0. The van der Waals surface area contributed by atoms with Crippen LogP contribution < -0.4 is 11.5 Å². The van der Waals surface area contributed by atoms with Gasteiger partial charge in [-0.05, 0) is 36.1 Å². The molecule has 0 unspecified atom stereocenters. The van der Waals surface area contributed by atoms with E-state index >= 15 is 0 Å². The summed E-state index contributed by atoms with van der Waals surface area (Å²) in [4.78, 5) is 0. The van der Waals surface area contributed by atoms with Crippen molar-refractivity contribution >= 4 is 0 Å². The minimum Gasteiger partial charge on any atom is -0.342 e. The van der Waals surface area contributed by atoms with Crippen LogP contribution in [0.4, 0.5) is 0 Å². The molecule has 0 bridgehead atoms. The van der Waals surface area contributed by atoms with E-state index in [4.69, 9.17) is 20.9 Å².